The summed E-state index contributed by atoms with van der Waals surface area (Å²) in [6.45, 7) is 2.76. The summed E-state index contributed by atoms with van der Waals surface area (Å²) in [6.07, 6.45) is 1.56. The van der Waals surface area contributed by atoms with E-state index in [0.717, 1.165) is 15.6 Å². The van der Waals surface area contributed by atoms with Gasteiger partial charge in [0, 0.05) is 5.02 Å². The van der Waals surface area contributed by atoms with Crippen LogP contribution in [0.2, 0.25) is 5.02 Å². The van der Waals surface area contributed by atoms with E-state index in [2.05, 4.69) is 26.5 Å². The summed E-state index contributed by atoms with van der Waals surface area (Å²) >= 11 is 10.8. The number of hydrogen-bond donors (Lipinski definition) is 1. The van der Waals surface area contributed by atoms with Crippen molar-refractivity contribution in [3.63, 3.8) is 0 Å². The summed E-state index contributed by atoms with van der Waals surface area (Å²) < 4.78 is 12.4. The van der Waals surface area contributed by atoms with Crippen molar-refractivity contribution in [1.82, 2.24) is 5.43 Å². The Hall–Kier alpha value is -2.35. The second-order valence-electron chi connectivity index (χ2n) is 5.85. The smallest absolute Gasteiger partial charge is 0.281 e. The lowest BCUT2D eigenvalue weighted by molar-refractivity contribution is 0.0959. The Bertz CT molecular complexity index is 992. The van der Waals surface area contributed by atoms with Gasteiger partial charge >= 0.3 is 0 Å². The fraction of sp³-hybridized carbons (Fsp3) is 0.143. The molecule has 0 atom stereocenters. The van der Waals surface area contributed by atoms with Gasteiger partial charge in [-0.05, 0) is 69.7 Å². The normalized spacial score (nSPS) is 10.9. The average molecular weight is 494 g/mol. The Kier molecular flexibility index (Phi) is 7.69. The highest BCUT2D eigenvalue weighted by molar-refractivity contribution is 9.10. The lowest BCUT2D eigenvalue weighted by Crippen LogP contribution is -2.16. The van der Waals surface area contributed by atoms with Crippen molar-refractivity contribution in [3.8, 4) is 11.5 Å². The maximum atomic E-state index is 12.0. The van der Waals surface area contributed by atoms with Crippen LogP contribution < -0.4 is 14.9 Å². The molecule has 0 aliphatic carbocycles. The molecule has 29 heavy (non-hydrogen) atoms. The average Bonchev–Trinajstić information content (AvgIpc) is 3.24. The number of carbonyl (C=O) groups is 1. The van der Waals surface area contributed by atoms with Gasteiger partial charge in [0.25, 0.3) is 5.91 Å². The van der Waals surface area contributed by atoms with Crippen LogP contribution in [0.4, 0.5) is 0 Å². The predicted molar refractivity (Wildman–Crippen MR) is 120 cm³/mol. The summed E-state index contributed by atoms with van der Waals surface area (Å²) in [6, 6.07) is 14.7. The van der Waals surface area contributed by atoms with Gasteiger partial charge < -0.3 is 9.47 Å². The van der Waals surface area contributed by atoms with Gasteiger partial charge in [-0.3, -0.25) is 4.79 Å². The Morgan fingerprint density at radius 1 is 1.24 bits per heavy atom. The molecule has 0 saturated carbocycles. The summed E-state index contributed by atoms with van der Waals surface area (Å²) in [7, 11) is 0. The Morgan fingerprint density at radius 2 is 2.03 bits per heavy atom. The molecule has 1 aromatic heterocycles. The van der Waals surface area contributed by atoms with Gasteiger partial charge in [-0.2, -0.15) is 5.10 Å². The van der Waals surface area contributed by atoms with Crippen molar-refractivity contribution < 1.29 is 14.3 Å². The molecule has 0 saturated heterocycles. The summed E-state index contributed by atoms with van der Waals surface area (Å²) in [4.78, 5) is 12.6. The first kappa shape index (κ1) is 21.4. The molecule has 3 rings (SSSR count). The van der Waals surface area contributed by atoms with Crippen LogP contribution in [-0.4, -0.2) is 18.7 Å². The molecule has 1 amide bonds. The minimum atomic E-state index is -0.247. The van der Waals surface area contributed by atoms with Gasteiger partial charge in [0.05, 0.1) is 22.2 Å². The zero-order valence-corrected chi connectivity index (χ0v) is 18.7. The molecule has 0 aliphatic heterocycles. The number of carbonyl (C=O) groups excluding carboxylic acids is 1. The third-order valence-electron chi connectivity index (χ3n) is 3.75. The molecule has 3 aromatic rings. The van der Waals surface area contributed by atoms with Crippen LogP contribution >= 0.6 is 38.9 Å². The molecule has 8 heteroatoms. The Morgan fingerprint density at radius 3 is 2.72 bits per heavy atom. The maximum Gasteiger partial charge on any atom is 0.281 e. The van der Waals surface area contributed by atoms with Gasteiger partial charge in [-0.1, -0.05) is 29.8 Å². The number of ether oxygens (including phenoxy) is 2. The van der Waals surface area contributed by atoms with Crippen molar-refractivity contribution >= 4 is 51.0 Å². The highest BCUT2D eigenvalue weighted by atomic mass is 79.9. The standard InChI is InChI=1S/C21H18BrClN2O3S/c1-2-27-18-11-15(12-24-25-21(26)19-4-3-9-29-19)10-17(22)20(18)28-13-14-5-7-16(23)8-6-14/h3-12H,2,13H2,1H3,(H,25,26)/b24-12-. The second-order valence-corrected chi connectivity index (χ2v) is 8.09. The number of amides is 1. The van der Waals surface area contributed by atoms with Crippen molar-refractivity contribution in [2.45, 2.75) is 13.5 Å². The third-order valence-corrected chi connectivity index (χ3v) is 5.46. The van der Waals surface area contributed by atoms with Crippen LogP contribution in [0.3, 0.4) is 0 Å². The van der Waals surface area contributed by atoms with Crippen LogP contribution in [0.5, 0.6) is 11.5 Å². The number of hydrazone groups is 1. The molecule has 1 heterocycles. The summed E-state index contributed by atoms with van der Waals surface area (Å²) in [5, 5.41) is 6.54. The van der Waals surface area contributed by atoms with Gasteiger partial charge in [-0.15, -0.1) is 11.3 Å². The van der Waals surface area contributed by atoms with E-state index in [4.69, 9.17) is 21.1 Å². The molecule has 0 radical (unpaired) electrons. The van der Waals surface area contributed by atoms with Crippen LogP contribution in [0, 0.1) is 0 Å². The van der Waals surface area contributed by atoms with Gasteiger partial charge in [0.15, 0.2) is 11.5 Å². The molecule has 0 bridgehead atoms. The molecule has 150 valence electrons. The van der Waals surface area contributed by atoms with Gasteiger partial charge in [-0.25, -0.2) is 5.43 Å². The van der Waals surface area contributed by atoms with Crippen molar-refractivity contribution in [2.24, 2.45) is 5.10 Å². The van der Waals surface area contributed by atoms with E-state index in [9.17, 15) is 4.79 Å². The minimum absolute atomic E-state index is 0.247. The lowest BCUT2D eigenvalue weighted by Gasteiger charge is -2.14. The van der Waals surface area contributed by atoms with E-state index < -0.39 is 0 Å². The topological polar surface area (TPSA) is 59.9 Å². The zero-order chi connectivity index (χ0) is 20.6. The summed E-state index contributed by atoms with van der Waals surface area (Å²) in [5.74, 6) is 0.937. The van der Waals surface area contributed by atoms with E-state index in [1.165, 1.54) is 11.3 Å². The molecule has 5 nitrogen and oxygen atoms in total. The van der Waals surface area contributed by atoms with Crippen LogP contribution in [0.1, 0.15) is 27.7 Å². The number of nitrogens with one attached hydrogen (secondary N) is 1. The predicted octanol–water partition coefficient (Wildman–Crippen LogP) is 5.91. The first-order valence-corrected chi connectivity index (χ1v) is 10.8. The third kappa shape index (κ3) is 6.06. The molecule has 0 fully saturated rings. The number of rotatable bonds is 8. The maximum absolute atomic E-state index is 12.0. The highest BCUT2D eigenvalue weighted by Crippen LogP contribution is 2.37. The van der Waals surface area contributed by atoms with Crippen molar-refractivity contribution in [3.05, 3.63) is 79.4 Å². The van der Waals surface area contributed by atoms with E-state index in [0.29, 0.717) is 34.6 Å². The van der Waals surface area contributed by atoms with Crippen LogP contribution in [0.15, 0.2) is 63.5 Å². The molecule has 0 unspecified atom stereocenters. The minimum Gasteiger partial charge on any atom is -0.490 e. The largest absolute Gasteiger partial charge is 0.490 e. The Balaban J connectivity index is 1.72. The Labute approximate surface area is 186 Å². The first-order valence-electron chi connectivity index (χ1n) is 8.77. The highest BCUT2D eigenvalue weighted by Gasteiger charge is 2.12. The fourth-order valence-electron chi connectivity index (χ4n) is 2.43. The second kappa shape index (κ2) is 10.4. The van der Waals surface area contributed by atoms with Crippen LogP contribution in [0.25, 0.3) is 0 Å². The van der Waals surface area contributed by atoms with E-state index in [1.807, 2.05) is 54.8 Å². The number of thiophene rings is 1. The summed E-state index contributed by atoms with van der Waals surface area (Å²) in [5.41, 5.74) is 4.26. The molecule has 0 aliphatic rings. The van der Waals surface area contributed by atoms with Crippen LogP contribution in [-0.2, 0) is 6.61 Å². The van der Waals surface area contributed by atoms with Gasteiger partial charge in [0.2, 0.25) is 0 Å². The van der Waals surface area contributed by atoms with E-state index in [1.54, 1.807) is 12.3 Å². The number of hydrogen-bond acceptors (Lipinski definition) is 5. The lowest BCUT2D eigenvalue weighted by atomic mass is 10.2. The van der Waals surface area contributed by atoms with E-state index in [-0.39, 0.29) is 5.91 Å². The molecule has 2 aromatic carbocycles. The van der Waals surface area contributed by atoms with Crippen molar-refractivity contribution in [1.29, 1.82) is 0 Å². The van der Waals surface area contributed by atoms with Gasteiger partial charge in [0.1, 0.15) is 6.61 Å². The number of nitrogens with zero attached hydrogens (tertiary/aromatic N) is 1. The zero-order valence-electron chi connectivity index (χ0n) is 15.5. The monoisotopic (exact) mass is 492 g/mol. The quantitative estimate of drug-likeness (QED) is 0.314. The van der Waals surface area contributed by atoms with Crippen molar-refractivity contribution in [2.75, 3.05) is 6.61 Å². The first-order chi connectivity index (χ1) is 14.1. The molecular weight excluding hydrogens is 476 g/mol. The molecular formula is C21H18BrClN2O3S. The molecule has 0 spiro atoms. The number of halogens is 2. The fourth-order valence-corrected chi connectivity index (χ4v) is 3.74. The SMILES string of the molecule is CCOc1cc(/C=N\NC(=O)c2cccs2)cc(Br)c1OCc1ccc(Cl)cc1. The van der Waals surface area contributed by atoms with E-state index >= 15 is 0 Å². The number of benzene rings is 2. The molecule has 1 N–H and O–H groups in total.